The van der Waals surface area contributed by atoms with Crippen molar-refractivity contribution in [3.63, 3.8) is 0 Å². The van der Waals surface area contributed by atoms with E-state index in [1.807, 2.05) is 0 Å². The van der Waals surface area contributed by atoms with Gasteiger partial charge in [0.25, 0.3) is 5.91 Å². The molecular formula is C15H14FNO3. The monoisotopic (exact) mass is 275 g/mol. The van der Waals surface area contributed by atoms with Crippen LogP contribution in [0.2, 0.25) is 0 Å². The molecular weight excluding hydrogens is 261 g/mol. The first-order valence-corrected chi connectivity index (χ1v) is 6.12. The molecule has 2 aromatic carbocycles. The molecule has 0 radical (unpaired) electrons. The minimum Gasteiger partial charge on any atom is -0.507 e. The van der Waals surface area contributed by atoms with Crippen molar-refractivity contribution >= 4 is 5.91 Å². The molecule has 0 unspecified atom stereocenters. The summed E-state index contributed by atoms with van der Waals surface area (Å²) in [6.45, 7) is 0.349. The van der Waals surface area contributed by atoms with Crippen molar-refractivity contribution in [1.82, 2.24) is 5.32 Å². The van der Waals surface area contributed by atoms with Crippen LogP contribution in [0.15, 0.2) is 48.5 Å². The van der Waals surface area contributed by atoms with Gasteiger partial charge < -0.3 is 15.2 Å². The number of hydrogen-bond donors (Lipinski definition) is 2. The number of aromatic hydroxyl groups is 1. The second-order valence-electron chi connectivity index (χ2n) is 4.05. The number of amides is 1. The summed E-state index contributed by atoms with van der Waals surface area (Å²) in [5, 5.41) is 12.1. The lowest BCUT2D eigenvalue weighted by Gasteiger charge is -2.09. The number of rotatable bonds is 5. The van der Waals surface area contributed by atoms with Crippen molar-refractivity contribution < 1.29 is 19.0 Å². The number of halogens is 1. The number of ether oxygens (including phenoxy) is 1. The van der Waals surface area contributed by atoms with Gasteiger partial charge in [0.15, 0.2) is 11.6 Å². The Labute approximate surface area is 115 Å². The number of nitrogens with one attached hydrogen (secondary N) is 1. The van der Waals surface area contributed by atoms with Gasteiger partial charge in [0.2, 0.25) is 0 Å². The third-order valence-electron chi connectivity index (χ3n) is 2.63. The third kappa shape index (κ3) is 3.47. The van der Waals surface area contributed by atoms with E-state index in [9.17, 15) is 14.3 Å². The van der Waals surface area contributed by atoms with E-state index in [0.29, 0.717) is 0 Å². The van der Waals surface area contributed by atoms with Crippen LogP contribution in [0.5, 0.6) is 11.5 Å². The fourth-order valence-corrected chi connectivity index (χ4v) is 1.65. The van der Waals surface area contributed by atoms with Gasteiger partial charge in [0.1, 0.15) is 12.4 Å². The van der Waals surface area contributed by atoms with Gasteiger partial charge in [0.05, 0.1) is 12.1 Å². The Bertz CT molecular complexity index is 601. The third-order valence-corrected chi connectivity index (χ3v) is 2.63. The largest absolute Gasteiger partial charge is 0.507 e. The Morgan fingerprint density at radius 1 is 1.15 bits per heavy atom. The highest BCUT2D eigenvalue weighted by molar-refractivity contribution is 5.96. The number of carbonyl (C=O) groups is 1. The van der Waals surface area contributed by atoms with Crippen LogP contribution in [0.25, 0.3) is 0 Å². The van der Waals surface area contributed by atoms with E-state index in [4.69, 9.17) is 4.74 Å². The first-order chi connectivity index (χ1) is 9.68. The summed E-state index contributed by atoms with van der Waals surface area (Å²) in [4.78, 5) is 11.7. The van der Waals surface area contributed by atoms with Crippen LogP contribution in [-0.2, 0) is 0 Å². The van der Waals surface area contributed by atoms with E-state index in [0.717, 1.165) is 0 Å². The molecule has 0 spiro atoms. The molecule has 4 nitrogen and oxygen atoms in total. The van der Waals surface area contributed by atoms with Crippen LogP contribution < -0.4 is 10.1 Å². The fourth-order valence-electron chi connectivity index (χ4n) is 1.65. The van der Waals surface area contributed by atoms with Crippen LogP contribution in [0, 0.1) is 5.82 Å². The first kappa shape index (κ1) is 13.9. The molecule has 0 aliphatic carbocycles. The lowest BCUT2D eigenvalue weighted by molar-refractivity contribution is 0.0944. The van der Waals surface area contributed by atoms with Crippen LogP contribution >= 0.6 is 0 Å². The van der Waals surface area contributed by atoms with Crippen LogP contribution in [0.4, 0.5) is 4.39 Å². The smallest absolute Gasteiger partial charge is 0.255 e. The Morgan fingerprint density at radius 3 is 2.60 bits per heavy atom. The molecule has 0 aliphatic rings. The second kappa shape index (κ2) is 6.56. The van der Waals surface area contributed by atoms with Crippen LogP contribution in [0.1, 0.15) is 10.4 Å². The molecule has 5 heteroatoms. The minimum absolute atomic E-state index is 0.0833. The minimum atomic E-state index is -0.445. The molecule has 0 saturated heterocycles. The molecule has 0 aliphatic heterocycles. The van der Waals surface area contributed by atoms with Crippen LogP contribution in [-0.4, -0.2) is 24.2 Å². The summed E-state index contributed by atoms with van der Waals surface area (Å²) in [7, 11) is 0. The molecule has 20 heavy (non-hydrogen) atoms. The van der Waals surface area contributed by atoms with Gasteiger partial charge in [-0.15, -0.1) is 0 Å². The highest BCUT2D eigenvalue weighted by atomic mass is 19.1. The first-order valence-electron chi connectivity index (χ1n) is 6.12. The number of para-hydroxylation sites is 2. The quantitative estimate of drug-likeness (QED) is 0.823. The molecule has 2 N–H and O–H groups in total. The van der Waals surface area contributed by atoms with Crippen molar-refractivity contribution in [3.8, 4) is 11.5 Å². The predicted molar refractivity (Wildman–Crippen MR) is 72.3 cm³/mol. The number of carbonyl (C=O) groups excluding carboxylic acids is 1. The zero-order chi connectivity index (χ0) is 14.4. The summed E-state index contributed by atoms with van der Waals surface area (Å²) in [5.74, 6) is -0.788. The molecule has 0 aromatic heterocycles. The molecule has 0 atom stereocenters. The zero-order valence-corrected chi connectivity index (χ0v) is 10.7. The summed E-state index contributed by atoms with van der Waals surface area (Å²) in [6.07, 6.45) is 0. The van der Waals surface area contributed by atoms with Gasteiger partial charge in [-0.1, -0.05) is 24.3 Å². The summed E-state index contributed by atoms with van der Waals surface area (Å²) in [6, 6.07) is 12.3. The average Bonchev–Trinajstić information content (AvgIpc) is 2.45. The lowest BCUT2D eigenvalue weighted by Crippen LogP contribution is -2.28. The van der Waals surface area contributed by atoms with Crippen molar-refractivity contribution in [2.75, 3.05) is 13.2 Å². The van der Waals surface area contributed by atoms with E-state index in [1.54, 1.807) is 24.3 Å². The molecule has 104 valence electrons. The molecule has 0 heterocycles. The maximum atomic E-state index is 13.2. The maximum Gasteiger partial charge on any atom is 0.255 e. The van der Waals surface area contributed by atoms with Gasteiger partial charge >= 0.3 is 0 Å². The van der Waals surface area contributed by atoms with Gasteiger partial charge in [-0.2, -0.15) is 0 Å². The van der Waals surface area contributed by atoms with Gasteiger partial charge in [-0.3, -0.25) is 4.79 Å². The van der Waals surface area contributed by atoms with Crippen molar-refractivity contribution in [1.29, 1.82) is 0 Å². The van der Waals surface area contributed by atoms with Crippen molar-refractivity contribution in [2.45, 2.75) is 0 Å². The fraction of sp³-hybridized carbons (Fsp3) is 0.133. The highest BCUT2D eigenvalue weighted by Crippen LogP contribution is 2.16. The van der Waals surface area contributed by atoms with E-state index in [2.05, 4.69) is 5.32 Å². The van der Waals surface area contributed by atoms with E-state index in [1.165, 1.54) is 24.3 Å². The Kier molecular flexibility index (Phi) is 4.55. The molecule has 1 amide bonds. The summed E-state index contributed by atoms with van der Waals surface area (Å²) in [5.41, 5.74) is 0.193. The Balaban J connectivity index is 1.81. The lowest BCUT2D eigenvalue weighted by atomic mass is 10.2. The summed E-state index contributed by atoms with van der Waals surface area (Å²) >= 11 is 0. The number of benzene rings is 2. The molecule has 0 bridgehead atoms. The van der Waals surface area contributed by atoms with E-state index >= 15 is 0 Å². The SMILES string of the molecule is O=C(NCCOc1ccccc1F)c1ccccc1O. The maximum absolute atomic E-state index is 13.2. The topological polar surface area (TPSA) is 58.6 Å². The molecule has 2 aromatic rings. The average molecular weight is 275 g/mol. The number of phenolic OH excluding ortho intramolecular Hbond substituents is 1. The number of hydrogen-bond acceptors (Lipinski definition) is 3. The van der Waals surface area contributed by atoms with Gasteiger partial charge in [0, 0.05) is 0 Å². The van der Waals surface area contributed by atoms with E-state index < -0.39 is 11.7 Å². The predicted octanol–water partition coefficient (Wildman–Crippen LogP) is 2.34. The summed E-state index contributed by atoms with van der Waals surface area (Å²) < 4.78 is 18.4. The highest BCUT2D eigenvalue weighted by Gasteiger charge is 2.09. The molecule has 0 fully saturated rings. The van der Waals surface area contributed by atoms with Crippen molar-refractivity contribution in [3.05, 3.63) is 59.9 Å². The molecule has 2 rings (SSSR count). The van der Waals surface area contributed by atoms with Gasteiger partial charge in [-0.05, 0) is 24.3 Å². The van der Waals surface area contributed by atoms with Crippen molar-refractivity contribution in [2.24, 2.45) is 0 Å². The molecule has 0 saturated carbocycles. The van der Waals surface area contributed by atoms with Crippen LogP contribution in [0.3, 0.4) is 0 Å². The zero-order valence-electron chi connectivity index (χ0n) is 10.7. The number of phenols is 1. The van der Waals surface area contributed by atoms with Gasteiger partial charge in [-0.25, -0.2) is 4.39 Å². The standard InChI is InChI=1S/C15H14FNO3/c16-12-6-2-4-8-14(12)20-10-9-17-15(19)11-5-1-3-7-13(11)18/h1-8,18H,9-10H2,(H,17,19). The Hall–Kier alpha value is -2.56. The second-order valence-corrected chi connectivity index (χ2v) is 4.05. The normalized spacial score (nSPS) is 10.1. The Morgan fingerprint density at radius 2 is 1.85 bits per heavy atom. The van der Waals surface area contributed by atoms with E-state index in [-0.39, 0.29) is 30.2 Å².